The predicted octanol–water partition coefficient (Wildman–Crippen LogP) is -1.21. The molecule has 0 aliphatic carbocycles. The Balaban J connectivity index is 2.15. The first-order valence-corrected chi connectivity index (χ1v) is 23.4. The van der Waals surface area contributed by atoms with E-state index in [1.165, 1.54) is 57.2 Å². The molecule has 0 radical (unpaired) electrons. The molecule has 0 aliphatic rings. The number of carboxylic acid groups (broad SMARTS) is 1. The first-order valence-electron chi connectivity index (χ1n) is 22.9. The fourth-order valence-corrected chi connectivity index (χ4v) is 6.89. The molecule has 0 aliphatic heterocycles. The van der Waals surface area contributed by atoms with Crippen molar-refractivity contribution in [3.63, 3.8) is 0 Å². The van der Waals surface area contributed by atoms with E-state index in [1.54, 1.807) is 39.8 Å². The topological polar surface area (TPSA) is 368 Å². The van der Waals surface area contributed by atoms with Crippen LogP contribution in [0.4, 0.5) is 0 Å². The standard InChI is InChI=1S/C48H63ClN8O16/c1-23(2)40(47(71)50-25(5)43(67)54-31(22-58)19-38(63)64)56-46(70)36(53-28(8)60)18-30-11-15-33(16-12-30)73-39(65)20-34(42(66)37(62)21-49)55-44(68)26(6)51-48(72)41(24(3)4)57-45(69)35(52-27(7)59)17-29-9-13-32(61)14-10-29/h9-16,22-26,31,34-36,40-41,61H,17-21H2,1-8H3,(H,50,71)(H,51,72)(H,52,59)(H,53,60)(H,54,67)(H,55,68)(H,56,70)(H,57,69)(H,63,64)/t25-,26-,31-,34-,35-,36-,40-,41-/m0/s1. The van der Waals surface area contributed by atoms with Crippen molar-refractivity contribution in [1.29, 1.82) is 0 Å². The Morgan fingerprint density at radius 1 is 0.548 bits per heavy atom. The number of carbonyl (C=O) groups excluding carboxylic acids is 12. The summed E-state index contributed by atoms with van der Waals surface area (Å²) < 4.78 is 5.37. The third-order valence-corrected chi connectivity index (χ3v) is 10.9. The van der Waals surface area contributed by atoms with E-state index in [9.17, 15) is 67.4 Å². The predicted molar refractivity (Wildman–Crippen MR) is 259 cm³/mol. The Labute approximate surface area is 425 Å². The average Bonchev–Trinajstić information content (AvgIpc) is 3.31. The molecule has 0 bridgehead atoms. The van der Waals surface area contributed by atoms with Crippen LogP contribution in [0.3, 0.4) is 0 Å². The summed E-state index contributed by atoms with van der Waals surface area (Å²) in [5.74, 6) is -13.0. The van der Waals surface area contributed by atoms with Gasteiger partial charge in [-0.25, -0.2) is 0 Å². The van der Waals surface area contributed by atoms with E-state index < -0.39 is 150 Å². The zero-order chi connectivity index (χ0) is 55.3. The quantitative estimate of drug-likeness (QED) is 0.0150. The number of halogens is 1. The van der Waals surface area contributed by atoms with Gasteiger partial charge in [-0.3, -0.25) is 57.5 Å². The van der Waals surface area contributed by atoms with Crippen LogP contribution in [-0.4, -0.2) is 141 Å². The van der Waals surface area contributed by atoms with Crippen LogP contribution < -0.4 is 47.3 Å². The highest BCUT2D eigenvalue weighted by Crippen LogP contribution is 2.17. The van der Waals surface area contributed by atoms with Crippen LogP contribution in [0.15, 0.2) is 48.5 Å². The number of phenols is 1. The largest absolute Gasteiger partial charge is 0.508 e. The molecule has 0 saturated heterocycles. The average molecular weight is 1040 g/mol. The van der Waals surface area contributed by atoms with Crippen LogP contribution in [0, 0.1) is 11.8 Å². The number of aromatic hydroxyl groups is 1. The number of ketones is 2. The van der Waals surface area contributed by atoms with Crippen molar-refractivity contribution in [1.82, 2.24) is 42.5 Å². The number of carboxylic acids is 1. The zero-order valence-corrected chi connectivity index (χ0v) is 42.2. The van der Waals surface area contributed by atoms with Gasteiger partial charge in [0.25, 0.3) is 0 Å². The summed E-state index contributed by atoms with van der Waals surface area (Å²) in [4.78, 5) is 164. The molecule has 8 amide bonds. The smallest absolute Gasteiger partial charge is 0.313 e. The Kier molecular flexibility index (Phi) is 24.8. The second-order valence-electron chi connectivity index (χ2n) is 17.7. The molecule has 398 valence electrons. The number of hydrogen-bond acceptors (Lipinski definition) is 15. The first kappa shape index (κ1) is 61.4. The van der Waals surface area contributed by atoms with Gasteiger partial charge in [-0.2, -0.15) is 0 Å². The van der Waals surface area contributed by atoms with Crippen molar-refractivity contribution in [2.45, 2.75) is 129 Å². The number of benzene rings is 2. The Hall–Kier alpha value is -7.76. The van der Waals surface area contributed by atoms with Gasteiger partial charge in [-0.1, -0.05) is 52.0 Å². The van der Waals surface area contributed by atoms with Crippen molar-refractivity contribution in [2.24, 2.45) is 11.8 Å². The Bertz CT molecular complexity index is 2360. The first-order chi connectivity index (χ1) is 34.1. The number of rotatable bonds is 29. The van der Waals surface area contributed by atoms with Crippen molar-refractivity contribution in [2.75, 3.05) is 5.88 Å². The molecule has 10 N–H and O–H groups in total. The molecule has 2 aromatic rings. The number of Topliss-reactive ketones (excluding diaryl/α,β-unsaturated/α-hetero) is 2. The lowest BCUT2D eigenvalue weighted by Gasteiger charge is -2.27. The number of aldehydes is 1. The fraction of sp³-hybridized carbons (Fsp3) is 0.479. The maximum atomic E-state index is 13.5. The fourth-order valence-electron chi connectivity index (χ4n) is 6.76. The molecular weight excluding hydrogens is 980 g/mol. The highest BCUT2D eigenvalue weighted by molar-refractivity contribution is 6.48. The van der Waals surface area contributed by atoms with E-state index in [-0.39, 0.29) is 30.6 Å². The summed E-state index contributed by atoms with van der Waals surface area (Å²) in [5.41, 5.74) is 1.01. The van der Waals surface area contributed by atoms with Crippen molar-refractivity contribution >= 4 is 88.6 Å². The number of nitrogens with one attached hydrogen (secondary N) is 8. The molecule has 2 aromatic carbocycles. The van der Waals surface area contributed by atoms with Gasteiger partial charge in [-0.15, -0.1) is 11.6 Å². The van der Waals surface area contributed by atoms with Crippen LogP contribution in [0.25, 0.3) is 0 Å². The molecule has 0 unspecified atom stereocenters. The van der Waals surface area contributed by atoms with Gasteiger partial charge in [0, 0.05) is 26.7 Å². The van der Waals surface area contributed by atoms with E-state index in [1.807, 2.05) is 0 Å². The maximum absolute atomic E-state index is 13.5. The van der Waals surface area contributed by atoms with Crippen LogP contribution in [-0.2, 0) is 75.2 Å². The lowest BCUT2D eigenvalue weighted by molar-refractivity contribution is -0.142. The number of amides is 8. The highest BCUT2D eigenvalue weighted by Gasteiger charge is 2.35. The molecular formula is C48H63ClN8O16. The number of carbonyl (C=O) groups is 13. The third kappa shape index (κ3) is 21.2. The summed E-state index contributed by atoms with van der Waals surface area (Å²) in [5, 5.41) is 38.1. The Morgan fingerprint density at radius 3 is 1.36 bits per heavy atom. The SMILES string of the molecule is CC(=O)N[C@@H](Cc1ccc(OC(=O)C[C@H](NC(=O)[C@H](C)NC(=O)[C@@H](NC(=O)[C@H](Cc2ccc(O)cc2)NC(C)=O)C(C)C)C(=O)C(=O)CCl)cc1)C(=O)N[C@H](C(=O)N[C@@H](C)C(=O)N[C@H](C=O)CC(=O)O)C(C)C. The summed E-state index contributed by atoms with van der Waals surface area (Å²) >= 11 is 5.61. The molecule has 0 aromatic heterocycles. The van der Waals surface area contributed by atoms with Gasteiger partial charge in [0.15, 0.2) is 0 Å². The second-order valence-corrected chi connectivity index (χ2v) is 17.9. The molecule has 0 spiro atoms. The van der Waals surface area contributed by atoms with E-state index in [4.69, 9.17) is 21.4 Å². The number of phenolic OH excluding ortho intramolecular Hbond substituents is 1. The van der Waals surface area contributed by atoms with Gasteiger partial charge < -0.3 is 62.3 Å². The number of esters is 1. The highest BCUT2D eigenvalue weighted by atomic mass is 35.5. The summed E-state index contributed by atoms with van der Waals surface area (Å²) in [6.45, 7) is 11.3. The summed E-state index contributed by atoms with van der Waals surface area (Å²) in [7, 11) is 0. The minimum atomic E-state index is -1.81. The van der Waals surface area contributed by atoms with Gasteiger partial charge in [0.05, 0.1) is 24.8 Å². The van der Waals surface area contributed by atoms with Gasteiger partial charge in [0.1, 0.15) is 60.1 Å². The van der Waals surface area contributed by atoms with E-state index in [0.29, 0.717) is 11.1 Å². The lowest BCUT2D eigenvalue weighted by atomic mass is 10.0. The van der Waals surface area contributed by atoms with E-state index >= 15 is 0 Å². The molecule has 25 heteroatoms. The lowest BCUT2D eigenvalue weighted by Crippen LogP contribution is -2.59. The van der Waals surface area contributed by atoms with Crippen molar-refractivity contribution in [3.05, 3.63) is 59.7 Å². The van der Waals surface area contributed by atoms with Crippen LogP contribution in [0.2, 0.25) is 0 Å². The van der Waals surface area contributed by atoms with Crippen LogP contribution >= 0.6 is 11.6 Å². The van der Waals surface area contributed by atoms with Gasteiger partial charge in [-0.05, 0) is 61.1 Å². The normalized spacial score (nSPS) is 14.2. The molecule has 0 fully saturated rings. The van der Waals surface area contributed by atoms with Crippen LogP contribution in [0.5, 0.6) is 11.5 Å². The third-order valence-electron chi connectivity index (χ3n) is 10.6. The number of ether oxygens (including phenoxy) is 1. The zero-order valence-electron chi connectivity index (χ0n) is 41.5. The molecule has 73 heavy (non-hydrogen) atoms. The molecule has 2 rings (SSSR count). The Morgan fingerprint density at radius 2 is 0.973 bits per heavy atom. The molecule has 24 nitrogen and oxygen atoms in total. The summed E-state index contributed by atoms with van der Waals surface area (Å²) in [6.07, 6.45) is -1.47. The molecule has 8 atom stereocenters. The van der Waals surface area contributed by atoms with E-state index in [0.717, 1.165) is 6.92 Å². The minimum Gasteiger partial charge on any atom is -0.508 e. The summed E-state index contributed by atoms with van der Waals surface area (Å²) in [6, 6.07) is 0.723. The van der Waals surface area contributed by atoms with Gasteiger partial charge >= 0.3 is 11.9 Å². The van der Waals surface area contributed by atoms with Crippen molar-refractivity contribution in [3.8, 4) is 11.5 Å². The number of alkyl halides is 1. The van der Waals surface area contributed by atoms with Crippen LogP contribution in [0.1, 0.15) is 79.4 Å². The second kappa shape index (κ2) is 29.6. The minimum absolute atomic E-state index is 0.00655. The molecule has 0 saturated carbocycles. The number of hydrogen-bond donors (Lipinski definition) is 10. The monoisotopic (exact) mass is 1040 g/mol. The molecule has 0 heterocycles. The van der Waals surface area contributed by atoms with E-state index in [2.05, 4.69) is 42.5 Å². The van der Waals surface area contributed by atoms with Gasteiger partial charge in [0.2, 0.25) is 58.8 Å². The maximum Gasteiger partial charge on any atom is 0.313 e. The number of aliphatic carboxylic acids is 1. The van der Waals surface area contributed by atoms with Crippen molar-refractivity contribution < 1.29 is 77.3 Å².